The van der Waals surface area contributed by atoms with Crippen LogP contribution in [0.25, 0.3) is 22.0 Å². The van der Waals surface area contributed by atoms with E-state index in [1.54, 1.807) is 12.4 Å². The SMILES string of the molecule is c1ccc2cc(-c3ccncc3)ncc2c1. The molecule has 0 fully saturated rings. The van der Waals surface area contributed by atoms with Crippen molar-refractivity contribution in [2.24, 2.45) is 0 Å². The molecule has 3 rings (SSSR count). The van der Waals surface area contributed by atoms with Crippen molar-refractivity contribution >= 4 is 10.8 Å². The van der Waals surface area contributed by atoms with Gasteiger partial charge in [0.2, 0.25) is 0 Å². The van der Waals surface area contributed by atoms with Crippen molar-refractivity contribution in [3.63, 3.8) is 0 Å². The molecule has 3 aromatic rings. The maximum Gasteiger partial charge on any atom is 0.0709 e. The predicted molar refractivity (Wildman–Crippen MR) is 65.0 cm³/mol. The highest BCUT2D eigenvalue weighted by molar-refractivity contribution is 5.84. The lowest BCUT2D eigenvalue weighted by atomic mass is 10.1. The van der Waals surface area contributed by atoms with Crippen LogP contribution in [0.3, 0.4) is 0 Å². The maximum absolute atomic E-state index is 4.45. The molecule has 0 spiro atoms. The van der Waals surface area contributed by atoms with Crippen LogP contribution in [0.2, 0.25) is 0 Å². The lowest BCUT2D eigenvalue weighted by Gasteiger charge is -2.02. The molecule has 76 valence electrons. The molecule has 16 heavy (non-hydrogen) atoms. The molecular weight excluding hydrogens is 196 g/mol. The summed E-state index contributed by atoms with van der Waals surface area (Å²) in [4.78, 5) is 8.45. The molecule has 0 atom stereocenters. The van der Waals surface area contributed by atoms with Gasteiger partial charge in [0, 0.05) is 29.5 Å². The van der Waals surface area contributed by atoms with E-state index in [1.807, 2.05) is 30.5 Å². The van der Waals surface area contributed by atoms with Crippen LogP contribution in [0.4, 0.5) is 0 Å². The normalized spacial score (nSPS) is 10.5. The van der Waals surface area contributed by atoms with Crippen molar-refractivity contribution in [1.29, 1.82) is 0 Å². The first-order valence-corrected chi connectivity index (χ1v) is 5.19. The first-order valence-electron chi connectivity index (χ1n) is 5.19. The van der Waals surface area contributed by atoms with Gasteiger partial charge in [-0.1, -0.05) is 24.3 Å². The Balaban J connectivity index is 2.19. The quantitative estimate of drug-likeness (QED) is 0.610. The van der Waals surface area contributed by atoms with Gasteiger partial charge in [0.1, 0.15) is 0 Å². The largest absolute Gasteiger partial charge is 0.265 e. The predicted octanol–water partition coefficient (Wildman–Crippen LogP) is 3.30. The van der Waals surface area contributed by atoms with E-state index in [0.717, 1.165) is 11.3 Å². The molecule has 2 aromatic heterocycles. The van der Waals surface area contributed by atoms with Crippen LogP contribution in [0.5, 0.6) is 0 Å². The summed E-state index contributed by atoms with van der Waals surface area (Å²) < 4.78 is 0. The lowest BCUT2D eigenvalue weighted by molar-refractivity contribution is 1.30. The third-order valence-electron chi connectivity index (χ3n) is 2.61. The van der Waals surface area contributed by atoms with Gasteiger partial charge < -0.3 is 0 Å². The summed E-state index contributed by atoms with van der Waals surface area (Å²) in [6.45, 7) is 0. The van der Waals surface area contributed by atoms with Gasteiger partial charge in [0.25, 0.3) is 0 Å². The smallest absolute Gasteiger partial charge is 0.0709 e. The van der Waals surface area contributed by atoms with Gasteiger partial charge in [0.15, 0.2) is 0 Å². The molecule has 0 aliphatic carbocycles. The topological polar surface area (TPSA) is 25.8 Å². The summed E-state index contributed by atoms with van der Waals surface area (Å²) in [5.74, 6) is 0. The first kappa shape index (κ1) is 9.04. The maximum atomic E-state index is 4.45. The molecule has 0 unspecified atom stereocenters. The van der Waals surface area contributed by atoms with E-state index in [2.05, 4.69) is 28.2 Å². The monoisotopic (exact) mass is 206 g/mol. The number of hydrogen-bond donors (Lipinski definition) is 0. The zero-order valence-electron chi connectivity index (χ0n) is 8.67. The molecule has 0 saturated heterocycles. The van der Waals surface area contributed by atoms with Gasteiger partial charge in [-0.05, 0) is 23.6 Å². The van der Waals surface area contributed by atoms with E-state index in [-0.39, 0.29) is 0 Å². The van der Waals surface area contributed by atoms with E-state index >= 15 is 0 Å². The van der Waals surface area contributed by atoms with E-state index in [1.165, 1.54) is 10.8 Å². The molecule has 0 saturated carbocycles. The second-order valence-corrected chi connectivity index (χ2v) is 3.65. The zero-order valence-corrected chi connectivity index (χ0v) is 8.67. The first-order chi connectivity index (χ1) is 7.93. The highest BCUT2D eigenvalue weighted by atomic mass is 14.7. The summed E-state index contributed by atoms with van der Waals surface area (Å²) in [5.41, 5.74) is 2.09. The van der Waals surface area contributed by atoms with Crippen LogP contribution in [0, 0.1) is 0 Å². The van der Waals surface area contributed by atoms with E-state index in [4.69, 9.17) is 0 Å². The Morgan fingerprint density at radius 2 is 1.56 bits per heavy atom. The fourth-order valence-electron chi connectivity index (χ4n) is 1.76. The van der Waals surface area contributed by atoms with Gasteiger partial charge in [-0.2, -0.15) is 0 Å². The standard InChI is InChI=1S/C14H10N2/c1-2-4-13-10-16-14(9-12(13)3-1)11-5-7-15-8-6-11/h1-10H. The van der Waals surface area contributed by atoms with E-state index in [0.29, 0.717) is 0 Å². The van der Waals surface area contributed by atoms with Gasteiger partial charge in [-0.15, -0.1) is 0 Å². The Kier molecular flexibility index (Phi) is 2.11. The Hall–Kier alpha value is -2.22. The minimum absolute atomic E-state index is 0.987. The van der Waals surface area contributed by atoms with Crippen LogP contribution in [0.1, 0.15) is 0 Å². The third kappa shape index (κ3) is 1.54. The molecule has 2 heteroatoms. The van der Waals surface area contributed by atoms with Crippen LogP contribution in [-0.4, -0.2) is 9.97 Å². The molecule has 0 radical (unpaired) electrons. The molecule has 0 aliphatic rings. The zero-order chi connectivity index (χ0) is 10.8. The molecule has 0 N–H and O–H groups in total. The summed E-state index contributed by atoms with van der Waals surface area (Å²) in [7, 11) is 0. The Morgan fingerprint density at radius 3 is 2.38 bits per heavy atom. The average molecular weight is 206 g/mol. The Bertz CT molecular complexity index is 618. The van der Waals surface area contributed by atoms with Gasteiger partial charge in [-0.3, -0.25) is 9.97 Å². The third-order valence-corrected chi connectivity index (χ3v) is 2.61. The van der Waals surface area contributed by atoms with Crippen LogP contribution < -0.4 is 0 Å². The van der Waals surface area contributed by atoms with Crippen LogP contribution in [0.15, 0.2) is 61.1 Å². The Labute approximate surface area is 93.6 Å². The van der Waals surface area contributed by atoms with E-state index in [9.17, 15) is 0 Å². The molecule has 2 heterocycles. The summed E-state index contributed by atoms with van der Waals surface area (Å²) >= 11 is 0. The second kappa shape index (κ2) is 3.74. The van der Waals surface area contributed by atoms with Crippen molar-refractivity contribution in [2.75, 3.05) is 0 Å². The molecule has 0 aliphatic heterocycles. The Morgan fingerprint density at radius 1 is 0.812 bits per heavy atom. The second-order valence-electron chi connectivity index (χ2n) is 3.65. The summed E-state index contributed by atoms with van der Waals surface area (Å²) in [6, 6.07) is 14.3. The molecular formula is C14H10N2. The number of hydrogen-bond acceptors (Lipinski definition) is 2. The minimum Gasteiger partial charge on any atom is -0.265 e. The van der Waals surface area contributed by atoms with Gasteiger partial charge in [-0.25, -0.2) is 0 Å². The van der Waals surface area contributed by atoms with E-state index < -0.39 is 0 Å². The number of fused-ring (bicyclic) bond motifs is 1. The molecule has 1 aromatic carbocycles. The average Bonchev–Trinajstić information content (AvgIpc) is 2.39. The number of nitrogens with zero attached hydrogens (tertiary/aromatic N) is 2. The number of rotatable bonds is 1. The van der Waals surface area contributed by atoms with Crippen LogP contribution >= 0.6 is 0 Å². The van der Waals surface area contributed by atoms with Crippen molar-refractivity contribution < 1.29 is 0 Å². The van der Waals surface area contributed by atoms with Gasteiger partial charge in [0.05, 0.1) is 5.69 Å². The van der Waals surface area contributed by atoms with Crippen molar-refractivity contribution in [3.05, 3.63) is 61.1 Å². The fourth-order valence-corrected chi connectivity index (χ4v) is 1.76. The molecule has 0 amide bonds. The highest BCUT2D eigenvalue weighted by Gasteiger charge is 1.99. The molecule has 2 nitrogen and oxygen atoms in total. The summed E-state index contributed by atoms with van der Waals surface area (Å²) in [6.07, 6.45) is 5.48. The van der Waals surface area contributed by atoms with Gasteiger partial charge >= 0.3 is 0 Å². The lowest BCUT2D eigenvalue weighted by Crippen LogP contribution is -1.84. The highest BCUT2D eigenvalue weighted by Crippen LogP contribution is 2.20. The van der Waals surface area contributed by atoms with Crippen molar-refractivity contribution in [1.82, 2.24) is 9.97 Å². The minimum atomic E-state index is 0.987. The number of pyridine rings is 2. The van der Waals surface area contributed by atoms with Crippen molar-refractivity contribution in [2.45, 2.75) is 0 Å². The van der Waals surface area contributed by atoms with Crippen molar-refractivity contribution in [3.8, 4) is 11.3 Å². The number of benzene rings is 1. The van der Waals surface area contributed by atoms with Crippen LogP contribution in [-0.2, 0) is 0 Å². The summed E-state index contributed by atoms with van der Waals surface area (Å²) in [5, 5.41) is 2.38. The molecule has 0 bridgehead atoms. The number of aromatic nitrogens is 2. The fraction of sp³-hybridized carbons (Fsp3) is 0.